The summed E-state index contributed by atoms with van der Waals surface area (Å²) in [6.45, 7) is 5.63. The van der Waals surface area contributed by atoms with E-state index in [0.29, 0.717) is 5.92 Å². The fourth-order valence-corrected chi connectivity index (χ4v) is 7.84. The Balaban J connectivity index is 1.39. The molecule has 0 aliphatic carbocycles. The maximum Gasteiger partial charge on any atom is 0.131 e. The molecular weight excluding hydrogens is 452 g/mol. The summed E-state index contributed by atoms with van der Waals surface area (Å²) in [5.74, 6) is 1.44. The number of fused-ring (bicyclic) bond motifs is 6. The van der Waals surface area contributed by atoms with Crippen molar-refractivity contribution in [1.82, 2.24) is 4.98 Å². The number of piperidine rings is 3. The topological polar surface area (TPSA) is 33.1 Å². The standard InChI is InChI=1S/C34H35N2O/c1-2-23-21-36(22-31-27-11-5-3-9-25(27)19-26-10-4-6-12-28(26)31)18-16-24(23)20-33(36)34(37)30-15-17-35-32-14-8-7-13-29(30)32/h3-15,17,19,23-24,33-34,37H,2,16,18,20-22H2,1H3/q+1/t23?,24?,33?,34-,36?/m1/s1. The summed E-state index contributed by atoms with van der Waals surface area (Å²) in [6.07, 6.45) is 4.95. The quantitative estimate of drug-likeness (QED) is 0.207. The van der Waals surface area contributed by atoms with Gasteiger partial charge in [-0.05, 0) is 57.6 Å². The molecule has 4 aromatic carbocycles. The molecule has 3 saturated heterocycles. The van der Waals surface area contributed by atoms with Gasteiger partial charge in [-0.25, -0.2) is 0 Å². The molecule has 37 heavy (non-hydrogen) atoms. The molecule has 0 amide bonds. The number of hydrogen-bond donors (Lipinski definition) is 1. The molecule has 3 aliphatic heterocycles. The molecule has 3 heteroatoms. The fraction of sp³-hybridized carbons (Fsp3) is 0.324. The van der Waals surface area contributed by atoms with E-state index < -0.39 is 6.10 Å². The molecule has 0 spiro atoms. The Morgan fingerprint density at radius 1 is 0.892 bits per heavy atom. The number of pyridine rings is 1. The number of nitrogens with zero attached hydrogens (tertiary/aromatic N) is 2. The fourth-order valence-electron chi connectivity index (χ4n) is 7.84. The predicted octanol–water partition coefficient (Wildman–Crippen LogP) is 7.41. The average molecular weight is 488 g/mol. The number of quaternary nitrogens is 1. The van der Waals surface area contributed by atoms with Gasteiger partial charge in [0, 0.05) is 35.9 Å². The molecule has 3 fully saturated rings. The molecular formula is C34H35N2O+. The summed E-state index contributed by atoms with van der Waals surface area (Å²) >= 11 is 0. The van der Waals surface area contributed by atoms with Crippen LogP contribution >= 0.6 is 0 Å². The number of benzene rings is 4. The van der Waals surface area contributed by atoms with Gasteiger partial charge in [-0.2, -0.15) is 0 Å². The van der Waals surface area contributed by atoms with Gasteiger partial charge in [0.2, 0.25) is 0 Å². The van der Waals surface area contributed by atoms with Gasteiger partial charge in [0.05, 0.1) is 18.6 Å². The summed E-state index contributed by atoms with van der Waals surface area (Å²) in [5, 5.41) is 18.6. The van der Waals surface area contributed by atoms with Crippen molar-refractivity contribution in [2.24, 2.45) is 11.8 Å². The molecule has 5 aromatic rings. The number of aliphatic hydroxyl groups is 1. The van der Waals surface area contributed by atoms with Crippen LogP contribution in [0.25, 0.3) is 32.4 Å². The van der Waals surface area contributed by atoms with Crippen molar-refractivity contribution in [2.45, 2.75) is 44.9 Å². The Morgan fingerprint density at radius 3 is 2.30 bits per heavy atom. The van der Waals surface area contributed by atoms with Gasteiger partial charge in [0.25, 0.3) is 0 Å². The van der Waals surface area contributed by atoms with E-state index >= 15 is 0 Å². The average Bonchev–Trinajstić information content (AvgIpc) is 2.96. The minimum atomic E-state index is -0.505. The third kappa shape index (κ3) is 3.67. The second-order valence-corrected chi connectivity index (χ2v) is 11.5. The van der Waals surface area contributed by atoms with Crippen LogP contribution in [0.4, 0.5) is 0 Å². The molecule has 4 unspecified atom stereocenters. The van der Waals surface area contributed by atoms with Crippen LogP contribution in [0.5, 0.6) is 0 Å². The maximum absolute atomic E-state index is 12.2. The lowest BCUT2D eigenvalue weighted by Gasteiger charge is -2.58. The van der Waals surface area contributed by atoms with Gasteiger partial charge in [-0.1, -0.05) is 73.7 Å². The first kappa shape index (κ1) is 22.9. The molecule has 2 bridgehead atoms. The van der Waals surface area contributed by atoms with Crippen molar-refractivity contribution in [2.75, 3.05) is 13.1 Å². The van der Waals surface area contributed by atoms with E-state index in [0.717, 1.165) is 52.9 Å². The number of rotatable bonds is 5. The normalized spacial score (nSPS) is 26.2. The molecule has 3 aliphatic rings. The van der Waals surface area contributed by atoms with Crippen LogP contribution in [0.15, 0.2) is 91.1 Å². The van der Waals surface area contributed by atoms with Crippen LogP contribution in [-0.2, 0) is 6.54 Å². The minimum absolute atomic E-state index is 0.185. The monoisotopic (exact) mass is 487 g/mol. The lowest BCUT2D eigenvalue weighted by Crippen LogP contribution is -2.67. The molecule has 4 heterocycles. The summed E-state index contributed by atoms with van der Waals surface area (Å²) in [4.78, 5) is 4.58. The third-order valence-electron chi connectivity index (χ3n) is 9.70. The van der Waals surface area contributed by atoms with Crippen molar-refractivity contribution >= 4 is 32.4 Å². The SMILES string of the molecule is CCC1C[N+]2(Cc3c4ccccc4cc4ccccc34)CCC1CC2[C@H](O)c1ccnc2ccccc12. The number of aliphatic hydroxyl groups excluding tert-OH is 1. The van der Waals surface area contributed by atoms with Crippen LogP contribution in [0.3, 0.4) is 0 Å². The van der Waals surface area contributed by atoms with Crippen LogP contribution in [-0.4, -0.2) is 33.7 Å². The zero-order valence-corrected chi connectivity index (χ0v) is 21.6. The van der Waals surface area contributed by atoms with E-state index in [1.807, 2.05) is 12.3 Å². The Kier molecular flexibility index (Phi) is 5.53. The summed E-state index contributed by atoms with van der Waals surface area (Å²) in [5.41, 5.74) is 3.45. The van der Waals surface area contributed by atoms with Crippen molar-refractivity contribution < 1.29 is 9.59 Å². The number of hydrogen-bond acceptors (Lipinski definition) is 2. The minimum Gasteiger partial charge on any atom is -0.382 e. The Morgan fingerprint density at radius 2 is 1.57 bits per heavy atom. The highest BCUT2D eigenvalue weighted by molar-refractivity contribution is 6.02. The highest BCUT2D eigenvalue weighted by atomic mass is 16.3. The molecule has 1 N–H and O–H groups in total. The third-order valence-corrected chi connectivity index (χ3v) is 9.70. The Hall–Kier alpha value is -3.27. The summed E-state index contributed by atoms with van der Waals surface area (Å²) in [6, 6.07) is 30.6. The van der Waals surface area contributed by atoms with Crippen molar-refractivity contribution in [3.05, 3.63) is 102 Å². The summed E-state index contributed by atoms with van der Waals surface area (Å²) in [7, 11) is 0. The van der Waals surface area contributed by atoms with E-state index in [4.69, 9.17) is 0 Å². The smallest absolute Gasteiger partial charge is 0.131 e. The van der Waals surface area contributed by atoms with E-state index in [9.17, 15) is 5.11 Å². The van der Waals surface area contributed by atoms with E-state index in [1.165, 1.54) is 39.9 Å². The van der Waals surface area contributed by atoms with Gasteiger partial charge < -0.3 is 9.59 Å². The maximum atomic E-state index is 12.2. The molecule has 8 rings (SSSR count). The largest absolute Gasteiger partial charge is 0.382 e. The van der Waals surface area contributed by atoms with Crippen LogP contribution in [0.2, 0.25) is 0 Å². The first-order valence-corrected chi connectivity index (χ1v) is 13.9. The summed E-state index contributed by atoms with van der Waals surface area (Å²) < 4.78 is 0.977. The van der Waals surface area contributed by atoms with Gasteiger partial charge in [-0.3, -0.25) is 4.98 Å². The molecule has 1 aromatic heterocycles. The zero-order valence-electron chi connectivity index (χ0n) is 21.6. The molecule has 3 nitrogen and oxygen atoms in total. The van der Waals surface area contributed by atoms with E-state index in [2.05, 4.69) is 90.8 Å². The lowest BCUT2D eigenvalue weighted by atomic mass is 9.70. The molecule has 5 atom stereocenters. The molecule has 0 saturated carbocycles. The second-order valence-electron chi connectivity index (χ2n) is 11.5. The van der Waals surface area contributed by atoms with Crippen LogP contribution < -0.4 is 0 Å². The number of aromatic nitrogens is 1. The van der Waals surface area contributed by atoms with Crippen molar-refractivity contribution in [3.8, 4) is 0 Å². The predicted molar refractivity (Wildman–Crippen MR) is 152 cm³/mol. The van der Waals surface area contributed by atoms with Gasteiger partial charge >= 0.3 is 0 Å². The number of para-hydroxylation sites is 1. The van der Waals surface area contributed by atoms with E-state index in [1.54, 1.807) is 0 Å². The van der Waals surface area contributed by atoms with Crippen molar-refractivity contribution in [3.63, 3.8) is 0 Å². The highest BCUT2D eigenvalue weighted by Crippen LogP contribution is 2.49. The first-order chi connectivity index (χ1) is 18.2. The van der Waals surface area contributed by atoms with E-state index in [-0.39, 0.29) is 6.04 Å². The highest BCUT2D eigenvalue weighted by Gasteiger charge is 2.54. The van der Waals surface area contributed by atoms with Gasteiger partial charge in [0.15, 0.2) is 0 Å². The molecule has 0 radical (unpaired) electrons. The first-order valence-electron chi connectivity index (χ1n) is 13.9. The lowest BCUT2D eigenvalue weighted by molar-refractivity contribution is -0.985. The molecule has 186 valence electrons. The van der Waals surface area contributed by atoms with Crippen LogP contribution in [0, 0.1) is 11.8 Å². The Labute approximate surface area is 219 Å². The Bertz CT molecular complexity index is 1550. The van der Waals surface area contributed by atoms with Crippen LogP contribution in [0.1, 0.15) is 43.4 Å². The van der Waals surface area contributed by atoms with Gasteiger partial charge in [0.1, 0.15) is 18.7 Å². The van der Waals surface area contributed by atoms with Gasteiger partial charge in [-0.15, -0.1) is 0 Å². The van der Waals surface area contributed by atoms with Crippen molar-refractivity contribution in [1.29, 1.82) is 0 Å². The second kappa shape index (κ2) is 8.93. The zero-order chi connectivity index (χ0) is 25.0.